The van der Waals surface area contributed by atoms with E-state index in [1.807, 2.05) is 13.0 Å². The average molecular weight is 613 g/mol. The van der Waals surface area contributed by atoms with Gasteiger partial charge in [-0.2, -0.15) is 0 Å². The van der Waals surface area contributed by atoms with Gasteiger partial charge >= 0.3 is 5.97 Å². The van der Waals surface area contributed by atoms with Gasteiger partial charge in [-0.05, 0) is 96.5 Å². The highest BCUT2D eigenvalue weighted by Crippen LogP contribution is 2.45. The normalized spacial score (nSPS) is 18.6. The summed E-state index contributed by atoms with van der Waals surface area (Å²) in [6.45, 7) is 11.0. The molecule has 45 heavy (non-hydrogen) atoms. The zero-order valence-corrected chi connectivity index (χ0v) is 27.9. The Labute approximate surface area is 266 Å². The maximum Gasteiger partial charge on any atom is 0.354 e. The van der Waals surface area contributed by atoms with Crippen molar-refractivity contribution in [1.82, 2.24) is 0 Å². The molecule has 1 N–H and O–H groups in total. The van der Waals surface area contributed by atoms with Gasteiger partial charge in [-0.25, -0.2) is 14.8 Å². The third-order valence-corrected chi connectivity index (χ3v) is 12.7. The molecule has 4 aromatic rings. The number of carbonyl (C=O) groups is 1. The quantitative estimate of drug-likeness (QED) is 0.235. The van der Waals surface area contributed by atoms with Crippen molar-refractivity contribution in [2.45, 2.75) is 66.2 Å². The lowest BCUT2D eigenvalue weighted by molar-refractivity contribution is -0.129. The number of nitrogens with zero attached hydrogens (tertiary/aromatic N) is 2. The first kappa shape index (κ1) is 29.4. The summed E-state index contributed by atoms with van der Waals surface area (Å²) in [5, 5.41) is 16.3. The third-order valence-electron chi connectivity index (χ3n) is 10.2. The second kappa shape index (κ2) is 11.3. The second-order valence-electron chi connectivity index (χ2n) is 13.9. The van der Waals surface area contributed by atoms with Crippen LogP contribution in [0.15, 0.2) is 88.8 Å². The largest absolute Gasteiger partial charge is 0.537 e. The number of carboxylic acids is 1. The fraction of sp³-hybridized carbons (Fsp3) is 0.308. The molecule has 2 heterocycles. The zero-order valence-electron chi connectivity index (χ0n) is 26.7. The number of hydrogen-bond acceptors (Lipinski definition) is 4. The predicted molar refractivity (Wildman–Crippen MR) is 184 cm³/mol. The summed E-state index contributed by atoms with van der Waals surface area (Å²) in [5.74, 6) is 1.01. The minimum Gasteiger partial charge on any atom is -0.537 e. The second-order valence-corrected chi connectivity index (χ2v) is 16.2. The Morgan fingerprint density at radius 2 is 1.47 bits per heavy atom. The number of fused-ring (bicyclic) bond motifs is 3. The van der Waals surface area contributed by atoms with Gasteiger partial charge in [-0.1, -0.05) is 81.4 Å². The molecule has 0 bridgehead atoms. The molecular weight excluding hydrogens is 573 g/mol. The molecule has 0 radical (unpaired) electrons. The summed E-state index contributed by atoms with van der Waals surface area (Å²) in [4.78, 5) is 21.8. The van der Waals surface area contributed by atoms with Crippen LogP contribution in [0.25, 0.3) is 5.57 Å². The lowest BCUT2D eigenvalue weighted by Crippen LogP contribution is -2.48. The molecule has 0 unspecified atom stereocenters. The van der Waals surface area contributed by atoms with Crippen molar-refractivity contribution in [3.05, 3.63) is 111 Å². The summed E-state index contributed by atoms with van der Waals surface area (Å²) in [7, 11) is -2.07. The van der Waals surface area contributed by atoms with E-state index in [0.29, 0.717) is 22.8 Å². The topological polar surface area (TPSA) is 71.2 Å². The van der Waals surface area contributed by atoms with E-state index >= 15 is 0 Å². The molecule has 0 spiro atoms. The van der Waals surface area contributed by atoms with Crippen LogP contribution >= 0.6 is 0 Å². The van der Waals surface area contributed by atoms with E-state index in [9.17, 15) is 9.90 Å². The van der Waals surface area contributed by atoms with Gasteiger partial charge in [0.05, 0.1) is 16.7 Å². The van der Waals surface area contributed by atoms with Crippen LogP contribution in [0.4, 0.5) is 11.4 Å². The molecule has 1 aliphatic carbocycles. The summed E-state index contributed by atoms with van der Waals surface area (Å²) in [6.07, 6.45) is 4.60. The Morgan fingerprint density at radius 3 is 2.04 bits per heavy atom. The maximum absolute atomic E-state index is 11.9. The number of aliphatic imine (C=N–C) groups is 1. The van der Waals surface area contributed by atoms with Crippen molar-refractivity contribution in [2.24, 2.45) is 21.3 Å². The molecule has 3 aliphatic rings. The summed E-state index contributed by atoms with van der Waals surface area (Å²) in [5.41, 5.74) is 4.98. The van der Waals surface area contributed by atoms with E-state index in [-0.39, 0.29) is 5.71 Å². The maximum atomic E-state index is 11.9. The SMILES string of the molecule is CC1=c2c(cc3c(c2C)N=c2c(C4CCC(C(C)(C)C)CC4)c(O[SiH](c4ccccc4)c4ccccc4)ccc2=3)N=C1C(=O)O. The lowest BCUT2D eigenvalue weighted by Gasteiger charge is -2.37. The van der Waals surface area contributed by atoms with Crippen LogP contribution in [0.5, 0.6) is 5.75 Å². The third kappa shape index (κ3) is 5.15. The first-order valence-electron chi connectivity index (χ1n) is 16.1. The molecule has 228 valence electrons. The Kier molecular flexibility index (Phi) is 7.36. The van der Waals surface area contributed by atoms with Gasteiger partial charge in [-0.3, -0.25) is 0 Å². The van der Waals surface area contributed by atoms with Crippen LogP contribution in [-0.4, -0.2) is 25.8 Å². The van der Waals surface area contributed by atoms with Crippen LogP contribution < -0.4 is 25.4 Å². The molecule has 1 fully saturated rings. The van der Waals surface area contributed by atoms with E-state index < -0.39 is 15.0 Å². The highest BCUT2D eigenvalue weighted by atomic mass is 28.3. The highest BCUT2D eigenvalue weighted by molar-refractivity contribution is 6.80. The van der Waals surface area contributed by atoms with Crippen LogP contribution in [0.2, 0.25) is 0 Å². The van der Waals surface area contributed by atoms with Gasteiger partial charge in [0, 0.05) is 21.2 Å². The number of carboxylic acid groups (broad SMARTS) is 1. The first-order chi connectivity index (χ1) is 21.6. The lowest BCUT2D eigenvalue weighted by atomic mass is 9.68. The monoisotopic (exact) mass is 612 g/mol. The molecule has 4 aromatic carbocycles. The zero-order chi connectivity index (χ0) is 31.5. The molecule has 6 heteroatoms. The summed E-state index contributed by atoms with van der Waals surface area (Å²) in [6, 6.07) is 27.7. The Morgan fingerprint density at radius 1 is 0.844 bits per heavy atom. The summed E-state index contributed by atoms with van der Waals surface area (Å²) < 4.78 is 7.24. The van der Waals surface area contributed by atoms with Crippen molar-refractivity contribution in [3.63, 3.8) is 0 Å². The summed E-state index contributed by atoms with van der Waals surface area (Å²) >= 11 is 0. The molecule has 0 amide bonds. The Bertz CT molecular complexity index is 2040. The van der Waals surface area contributed by atoms with E-state index in [1.165, 1.54) is 28.8 Å². The van der Waals surface area contributed by atoms with Crippen molar-refractivity contribution < 1.29 is 14.3 Å². The van der Waals surface area contributed by atoms with E-state index in [4.69, 9.17) is 9.42 Å². The number of benzene rings is 4. The first-order valence-corrected chi connectivity index (χ1v) is 17.7. The smallest absolute Gasteiger partial charge is 0.354 e. The van der Waals surface area contributed by atoms with E-state index in [2.05, 4.69) is 105 Å². The van der Waals surface area contributed by atoms with Crippen molar-refractivity contribution in [1.29, 1.82) is 0 Å². The van der Waals surface area contributed by atoms with E-state index in [1.54, 1.807) is 0 Å². The molecule has 7 rings (SSSR count). The van der Waals surface area contributed by atoms with Crippen LogP contribution in [0.1, 0.15) is 70.4 Å². The van der Waals surface area contributed by atoms with Gasteiger partial charge < -0.3 is 9.53 Å². The molecule has 5 nitrogen and oxygen atoms in total. The molecular formula is C39H40N2O3Si. The molecule has 0 aromatic heterocycles. The molecule has 2 aliphatic heterocycles. The Balaban J connectivity index is 1.42. The molecule has 0 saturated heterocycles. The average Bonchev–Trinajstić information content (AvgIpc) is 3.58. The van der Waals surface area contributed by atoms with Gasteiger partial charge in [0.2, 0.25) is 0 Å². The van der Waals surface area contributed by atoms with Crippen molar-refractivity contribution in [2.75, 3.05) is 0 Å². The van der Waals surface area contributed by atoms with Gasteiger partial charge in [0.15, 0.2) is 5.71 Å². The standard InChI is InChI=1S/C39H40N2O3Si/c1-23-33-24(2)36(38(42)43)40-31(33)22-30-29-20-21-32(44-45(27-12-8-6-9-13-27)28-14-10-7-11-15-28)34(37(29)41-35(23)30)25-16-18-26(19-17-25)39(3,4)5/h6-15,20-22,25-26,45H,16-19H2,1-5H3,(H,42,43). The minimum atomic E-state index is -2.07. The number of aliphatic carboxylic acids is 1. The fourth-order valence-electron chi connectivity index (χ4n) is 7.73. The predicted octanol–water partition coefficient (Wildman–Crippen LogP) is 6.12. The van der Waals surface area contributed by atoms with Gasteiger partial charge in [-0.15, -0.1) is 0 Å². The van der Waals surface area contributed by atoms with E-state index in [0.717, 1.165) is 56.5 Å². The minimum absolute atomic E-state index is 0.120. The van der Waals surface area contributed by atoms with Crippen LogP contribution in [0.3, 0.4) is 0 Å². The van der Waals surface area contributed by atoms with Gasteiger partial charge in [0.1, 0.15) is 5.75 Å². The van der Waals surface area contributed by atoms with Crippen molar-refractivity contribution >= 4 is 48.0 Å². The fourth-order valence-corrected chi connectivity index (χ4v) is 9.99. The molecule has 0 atom stereocenters. The highest BCUT2D eigenvalue weighted by Gasteiger charge is 2.34. The van der Waals surface area contributed by atoms with Crippen LogP contribution in [-0.2, 0) is 4.79 Å². The molecule has 1 saturated carbocycles. The van der Waals surface area contributed by atoms with Crippen molar-refractivity contribution in [3.8, 4) is 5.75 Å². The Hall–Kier alpha value is -4.29. The number of hydrogen-bond donors (Lipinski definition) is 1. The van der Waals surface area contributed by atoms with Crippen LogP contribution in [0, 0.1) is 28.7 Å². The number of rotatable bonds is 6. The van der Waals surface area contributed by atoms with Gasteiger partial charge in [0.25, 0.3) is 9.04 Å².